The number of hydrogen-bond acceptors (Lipinski definition) is 4. The summed E-state index contributed by atoms with van der Waals surface area (Å²) in [6, 6.07) is 3.23. The van der Waals surface area contributed by atoms with E-state index in [1.54, 1.807) is 12.1 Å². The lowest BCUT2D eigenvalue weighted by Gasteiger charge is -2.55. The molecule has 2 rings (SSSR count). The summed E-state index contributed by atoms with van der Waals surface area (Å²) in [5.74, 6) is 0.446. The van der Waals surface area contributed by atoms with Crippen LogP contribution in [-0.2, 0) is 4.74 Å². The van der Waals surface area contributed by atoms with Gasteiger partial charge in [-0.05, 0) is 38.3 Å². The third kappa shape index (κ3) is 3.70. The van der Waals surface area contributed by atoms with E-state index in [1.165, 1.54) is 6.26 Å². The third-order valence-corrected chi connectivity index (χ3v) is 5.10. The predicted octanol–water partition coefficient (Wildman–Crippen LogP) is 2.60. The Morgan fingerprint density at radius 1 is 1.48 bits per heavy atom. The van der Waals surface area contributed by atoms with Crippen molar-refractivity contribution in [3.05, 3.63) is 24.2 Å². The minimum Gasteiger partial charge on any atom is -0.467 e. The number of furan rings is 1. The van der Waals surface area contributed by atoms with Crippen molar-refractivity contribution >= 4 is 6.03 Å². The standard InChI is InChI=1S/C17H28N2O4/c1-4-17(5-2)14(10-15(17)22-6-3)19-16(21)18-11-12(20)13-8-7-9-23-13/h7-9,12,14-15,20H,4-6,10-11H2,1-3H3,(H2,18,19,21). The van der Waals surface area contributed by atoms with E-state index < -0.39 is 6.10 Å². The van der Waals surface area contributed by atoms with E-state index in [0.717, 1.165) is 19.3 Å². The molecule has 6 nitrogen and oxygen atoms in total. The number of amides is 2. The van der Waals surface area contributed by atoms with Gasteiger partial charge in [0.1, 0.15) is 11.9 Å². The van der Waals surface area contributed by atoms with Gasteiger partial charge in [0.15, 0.2) is 0 Å². The van der Waals surface area contributed by atoms with Crippen molar-refractivity contribution in [2.24, 2.45) is 5.41 Å². The zero-order valence-corrected chi connectivity index (χ0v) is 14.2. The molecule has 1 saturated carbocycles. The minimum atomic E-state index is -0.838. The minimum absolute atomic E-state index is 0.00692. The normalized spacial score (nSPS) is 23.8. The number of hydrogen-bond donors (Lipinski definition) is 3. The maximum absolute atomic E-state index is 12.1. The second kappa shape index (κ2) is 7.84. The molecule has 0 spiro atoms. The molecule has 1 fully saturated rings. The van der Waals surface area contributed by atoms with Gasteiger partial charge in [0.2, 0.25) is 0 Å². The second-order valence-electron chi connectivity index (χ2n) is 6.06. The van der Waals surface area contributed by atoms with Gasteiger partial charge in [-0.2, -0.15) is 0 Å². The van der Waals surface area contributed by atoms with E-state index in [2.05, 4.69) is 24.5 Å². The molecule has 1 aromatic heterocycles. The Balaban J connectivity index is 1.83. The van der Waals surface area contributed by atoms with Crippen LogP contribution in [0.3, 0.4) is 0 Å². The van der Waals surface area contributed by atoms with Gasteiger partial charge in [0, 0.05) is 18.1 Å². The van der Waals surface area contributed by atoms with Crippen molar-refractivity contribution in [1.29, 1.82) is 0 Å². The van der Waals surface area contributed by atoms with E-state index in [9.17, 15) is 9.90 Å². The molecule has 3 N–H and O–H groups in total. The van der Waals surface area contributed by atoms with Crippen LogP contribution in [0, 0.1) is 5.41 Å². The maximum atomic E-state index is 12.1. The molecular weight excluding hydrogens is 296 g/mol. The number of carbonyl (C=O) groups is 1. The van der Waals surface area contributed by atoms with Crippen LogP contribution >= 0.6 is 0 Å². The van der Waals surface area contributed by atoms with Gasteiger partial charge in [-0.3, -0.25) is 0 Å². The zero-order valence-electron chi connectivity index (χ0n) is 14.2. The molecule has 3 unspecified atom stereocenters. The number of urea groups is 1. The molecule has 1 aliphatic rings. The first-order chi connectivity index (χ1) is 11.1. The number of rotatable bonds is 8. The fourth-order valence-corrected chi connectivity index (χ4v) is 3.56. The second-order valence-corrected chi connectivity index (χ2v) is 6.06. The van der Waals surface area contributed by atoms with Crippen LogP contribution in [0.5, 0.6) is 0 Å². The van der Waals surface area contributed by atoms with Gasteiger partial charge in [0.05, 0.1) is 18.9 Å². The highest BCUT2D eigenvalue weighted by Gasteiger charge is 2.53. The molecule has 0 bridgehead atoms. The molecule has 1 aromatic rings. The summed E-state index contributed by atoms with van der Waals surface area (Å²) in [6.45, 7) is 7.09. The van der Waals surface area contributed by atoms with Crippen LogP contribution < -0.4 is 10.6 Å². The topological polar surface area (TPSA) is 83.7 Å². The SMILES string of the molecule is CCOC1CC(NC(=O)NCC(O)c2ccco2)C1(CC)CC. The van der Waals surface area contributed by atoms with E-state index in [-0.39, 0.29) is 30.1 Å². The number of nitrogens with one attached hydrogen (secondary N) is 2. The third-order valence-electron chi connectivity index (χ3n) is 5.10. The highest BCUT2D eigenvalue weighted by molar-refractivity contribution is 5.74. The summed E-state index contributed by atoms with van der Waals surface area (Å²) in [5, 5.41) is 15.6. The molecule has 0 aromatic carbocycles. The van der Waals surface area contributed by atoms with Crippen LogP contribution in [0.1, 0.15) is 51.9 Å². The van der Waals surface area contributed by atoms with Crippen LogP contribution in [0.4, 0.5) is 4.79 Å². The number of aliphatic hydroxyl groups is 1. The van der Waals surface area contributed by atoms with Gasteiger partial charge >= 0.3 is 6.03 Å². The summed E-state index contributed by atoms with van der Waals surface area (Å²) in [4.78, 5) is 12.1. The lowest BCUT2D eigenvalue weighted by atomic mass is 9.58. The molecule has 130 valence electrons. The smallest absolute Gasteiger partial charge is 0.315 e. The quantitative estimate of drug-likeness (QED) is 0.686. The van der Waals surface area contributed by atoms with Crippen molar-refractivity contribution in [2.75, 3.05) is 13.2 Å². The largest absolute Gasteiger partial charge is 0.467 e. The highest BCUT2D eigenvalue weighted by atomic mass is 16.5. The van der Waals surface area contributed by atoms with Crippen LogP contribution in [0.2, 0.25) is 0 Å². The molecule has 3 atom stereocenters. The molecule has 2 amide bonds. The van der Waals surface area contributed by atoms with Crippen molar-refractivity contribution in [3.8, 4) is 0 Å². The van der Waals surface area contributed by atoms with Gasteiger partial charge in [-0.15, -0.1) is 0 Å². The van der Waals surface area contributed by atoms with Crippen LogP contribution in [-0.4, -0.2) is 36.4 Å². The monoisotopic (exact) mass is 324 g/mol. The fraction of sp³-hybridized carbons (Fsp3) is 0.706. The molecule has 0 radical (unpaired) electrons. The molecule has 0 saturated heterocycles. The molecule has 1 aliphatic carbocycles. The summed E-state index contributed by atoms with van der Waals surface area (Å²) in [5.41, 5.74) is 0.00692. The number of ether oxygens (including phenoxy) is 1. The molecular formula is C17H28N2O4. The van der Waals surface area contributed by atoms with Gasteiger partial charge < -0.3 is 24.9 Å². The molecule has 6 heteroatoms. The summed E-state index contributed by atoms with van der Waals surface area (Å²) < 4.78 is 10.9. The van der Waals surface area contributed by atoms with E-state index in [0.29, 0.717) is 12.4 Å². The lowest BCUT2D eigenvalue weighted by molar-refractivity contribution is -0.134. The van der Waals surface area contributed by atoms with Gasteiger partial charge in [-0.25, -0.2) is 4.79 Å². The van der Waals surface area contributed by atoms with Gasteiger partial charge in [0.25, 0.3) is 0 Å². The average molecular weight is 324 g/mol. The summed E-state index contributed by atoms with van der Waals surface area (Å²) >= 11 is 0. The summed E-state index contributed by atoms with van der Waals surface area (Å²) in [7, 11) is 0. The Bertz CT molecular complexity index is 485. The van der Waals surface area contributed by atoms with Crippen molar-refractivity contribution in [2.45, 2.75) is 58.3 Å². The zero-order chi connectivity index (χ0) is 16.9. The van der Waals surface area contributed by atoms with Crippen molar-refractivity contribution < 1.29 is 19.1 Å². The van der Waals surface area contributed by atoms with Crippen molar-refractivity contribution in [3.63, 3.8) is 0 Å². The molecule has 23 heavy (non-hydrogen) atoms. The Hall–Kier alpha value is -1.53. The average Bonchev–Trinajstić information content (AvgIpc) is 3.07. The van der Waals surface area contributed by atoms with E-state index in [1.807, 2.05) is 6.92 Å². The fourth-order valence-electron chi connectivity index (χ4n) is 3.56. The van der Waals surface area contributed by atoms with Gasteiger partial charge in [-0.1, -0.05) is 13.8 Å². The summed E-state index contributed by atoms with van der Waals surface area (Å²) in [6.07, 6.45) is 3.64. The van der Waals surface area contributed by atoms with Crippen molar-refractivity contribution in [1.82, 2.24) is 10.6 Å². The van der Waals surface area contributed by atoms with E-state index in [4.69, 9.17) is 9.15 Å². The Morgan fingerprint density at radius 2 is 2.22 bits per heavy atom. The predicted molar refractivity (Wildman–Crippen MR) is 87.0 cm³/mol. The number of carbonyl (C=O) groups excluding carboxylic acids is 1. The van der Waals surface area contributed by atoms with Crippen LogP contribution in [0.15, 0.2) is 22.8 Å². The number of aliphatic hydroxyl groups excluding tert-OH is 1. The first kappa shape index (κ1) is 17.8. The van der Waals surface area contributed by atoms with E-state index >= 15 is 0 Å². The Morgan fingerprint density at radius 3 is 2.78 bits per heavy atom. The molecule has 1 heterocycles. The first-order valence-corrected chi connectivity index (χ1v) is 8.44. The Kier molecular flexibility index (Phi) is 6.07. The lowest BCUT2D eigenvalue weighted by Crippen LogP contribution is -2.65. The highest BCUT2D eigenvalue weighted by Crippen LogP contribution is 2.48. The molecule has 0 aliphatic heterocycles. The van der Waals surface area contributed by atoms with Crippen LogP contribution in [0.25, 0.3) is 0 Å². The maximum Gasteiger partial charge on any atom is 0.315 e. The Labute approximate surface area is 137 Å². The first-order valence-electron chi connectivity index (χ1n) is 8.44.